The molecule has 0 bridgehead atoms. The molecule has 0 N–H and O–H groups in total. The van der Waals surface area contributed by atoms with Crippen molar-refractivity contribution in [3.63, 3.8) is 0 Å². The van der Waals surface area contributed by atoms with Crippen LogP contribution in [0.1, 0.15) is 23.7 Å². The number of hydrogen-bond donors (Lipinski definition) is 0. The van der Waals surface area contributed by atoms with Crippen molar-refractivity contribution in [1.29, 1.82) is 0 Å². The van der Waals surface area contributed by atoms with Gasteiger partial charge in [-0.2, -0.15) is 0 Å². The van der Waals surface area contributed by atoms with E-state index in [0.29, 0.717) is 12.0 Å². The Hall–Kier alpha value is -1.81. The molecule has 2 aromatic carbocycles. The topological polar surface area (TPSA) is 26.3 Å². The number of methoxy groups -OCH3 is 1. The third-order valence-corrected chi connectivity index (χ3v) is 4.51. The number of halogens is 1. The van der Waals surface area contributed by atoms with E-state index in [0.717, 1.165) is 10.6 Å². The molecule has 2 rings (SSSR count). The third kappa shape index (κ3) is 4.08. The van der Waals surface area contributed by atoms with E-state index in [9.17, 15) is 9.18 Å². The van der Waals surface area contributed by atoms with Gasteiger partial charge in [0.15, 0.2) is 5.78 Å². The lowest BCUT2D eigenvalue weighted by atomic mass is 10.1. The number of benzene rings is 2. The number of carbonyl (C=O) groups is 1. The van der Waals surface area contributed by atoms with Crippen molar-refractivity contribution in [3.05, 3.63) is 59.9 Å². The first-order valence-electron chi connectivity index (χ1n) is 6.74. The molecular formula is C17H17FO2S. The maximum Gasteiger partial charge on any atom is 0.176 e. The molecule has 2 nitrogen and oxygen atoms in total. The predicted octanol–water partition coefficient (Wildman–Crippen LogP) is 4.59. The van der Waals surface area contributed by atoms with Crippen LogP contribution in [0.5, 0.6) is 5.75 Å². The second-order valence-corrected chi connectivity index (χ2v) is 5.84. The zero-order valence-corrected chi connectivity index (χ0v) is 12.8. The molecule has 1 atom stereocenters. The van der Waals surface area contributed by atoms with Gasteiger partial charge in [0.1, 0.15) is 11.6 Å². The van der Waals surface area contributed by atoms with Crippen molar-refractivity contribution in [2.75, 3.05) is 7.11 Å². The first-order valence-corrected chi connectivity index (χ1v) is 7.62. The van der Waals surface area contributed by atoms with Gasteiger partial charge >= 0.3 is 0 Å². The van der Waals surface area contributed by atoms with E-state index in [-0.39, 0.29) is 16.9 Å². The van der Waals surface area contributed by atoms with Gasteiger partial charge in [0.25, 0.3) is 0 Å². The van der Waals surface area contributed by atoms with Crippen LogP contribution in [0, 0.1) is 5.82 Å². The highest BCUT2D eigenvalue weighted by atomic mass is 32.2. The van der Waals surface area contributed by atoms with Gasteiger partial charge in [-0.15, -0.1) is 11.8 Å². The molecule has 110 valence electrons. The quantitative estimate of drug-likeness (QED) is 0.577. The Balaban J connectivity index is 2.12. The molecule has 0 fully saturated rings. The standard InChI is InChI=1S/C17H17FO2S/c1-3-16(21-15-10-6-13(18)7-11-15)17(19)12-4-8-14(20-2)9-5-12/h4-11,16H,3H2,1-2H3. The van der Waals surface area contributed by atoms with Crippen molar-refractivity contribution in [1.82, 2.24) is 0 Å². The Morgan fingerprint density at radius 1 is 1.14 bits per heavy atom. The average molecular weight is 304 g/mol. The van der Waals surface area contributed by atoms with Crippen LogP contribution in [-0.4, -0.2) is 18.1 Å². The average Bonchev–Trinajstić information content (AvgIpc) is 2.54. The summed E-state index contributed by atoms with van der Waals surface area (Å²) in [5.74, 6) is 0.536. The fourth-order valence-electron chi connectivity index (χ4n) is 1.94. The Morgan fingerprint density at radius 2 is 1.76 bits per heavy atom. The Morgan fingerprint density at radius 3 is 2.29 bits per heavy atom. The summed E-state index contributed by atoms with van der Waals surface area (Å²) in [7, 11) is 1.59. The number of rotatable bonds is 6. The minimum Gasteiger partial charge on any atom is -0.497 e. The first-order chi connectivity index (χ1) is 10.1. The van der Waals surface area contributed by atoms with Crippen molar-refractivity contribution >= 4 is 17.5 Å². The van der Waals surface area contributed by atoms with Gasteiger partial charge in [0, 0.05) is 10.5 Å². The summed E-state index contributed by atoms with van der Waals surface area (Å²) in [5, 5.41) is -0.177. The van der Waals surface area contributed by atoms with Crippen LogP contribution in [0.4, 0.5) is 4.39 Å². The van der Waals surface area contributed by atoms with E-state index in [1.54, 1.807) is 43.5 Å². The third-order valence-electron chi connectivity index (χ3n) is 3.13. The number of ether oxygens (including phenoxy) is 1. The summed E-state index contributed by atoms with van der Waals surface area (Å²) in [6.45, 7) is 1.97. The van der Waals surface area contributed by atoms with E-state index < -0.39 is 0 Å². The maximum atomic E-state index is 12.9. The molecule has 0 aliphatic heterocycles. The maximum absolute atomic E-state index is 12.9. The largest absolute Gasteiger partial charge is 0.497 e. The van der Waals surface area contributed by atoms with Crippen LogP contribution in [0.25, 0.3) is 0 Å². The van der Waals surface area contributed by atoms with Crippen molar-refractivity contribution < 1.29 is 13.9 Å². The lowest BCUT2D eigenvalue weighted by Gasteiger charge is -2.13. The highest BCUT2D eigenvalue weighted by Crippen LogP contribution is 2.28. The van der Waals surface area contributed by atoms with Crippen LogP contribution in [0.2, 0.25) is 0 Å². The van der Waals surface area contributed by atoms with Gasteiger partial charge in [0.05, 0.1) is 12.4 Å². The molecule has 0 saturated heterocycles. The van der Waals surface area contributed by atoms with Gasteiger partial charge in [0.2, 0.25) is 0 Å². The molecule has 0 heterocycles. The molecule has 4 heteroatoms. The summed E-state index contributed by atoms with van der Waals surface area (Å²) in [6.07, 6.45) is 0.715. The Labute approximate surface area is 128 Å². The van der Waals surface area contributed by atoms with Gasteiger partial charge in [-0.25, -0.2) is 4.39 Å². The summed E-state index contributed by atoms with van der Waals surface area (Å²) in [6, 6.07) is 13.3. The number of hydrogen-bond acceptors (Lipinski definition) is 3. The highest BCUT2D eigenvalue weighted by Gasteiger charge is 2.19. The molecule has 0 aromatic heterocycles. The van der Waals surface area contributed by atoms with E-state index in [4.69, 9.17) is 4.74 Å². The Bertz CT molecular complexity index is 593. The van der Waals surface area contributed by atoms with Crippen LogP contribution in [-0.2, 0) is 0 Å². The van der Waals surface area contributed by atoms with Crippen LogP contribution < -0.4 is 4.74 Å². The number of carbonyl (C=O) groups excluding carboxylic acids is 1. The van der Waals surface area contributed by atoms with Crippen LogP contribution in [0.3, 0.4) is 0 Å². The van der Waals surface area contributed by atoms with Crippen LogP contribution in [0.15, 0.2) is 53.4 Å². The summed E-state index contributed by atoms with van der Waals surface area (Å²) < 4.78 is 18.0. The predicted molar refractivity (Wildman–Crippen MR) is 83.7 cm³/mol. The van der Waals surface area contributed by atoms with Gasteiger partial charge in [-0.05, 0) is 55.0 Å². The highest BCUT2D eigenvalue weighted by molar-refractivity contribution is 8.00. The monoisotopic (exact) mass is 304 g/mol. The smallest absolute Gasteiger partial charge is 0.176 e. The van der Waals surface area contributed by atoms with Gasteiger partial charge in [-0.3, -0.25) is 4.79 Å². The fourth-order valence-corrected chi connectivity index (χ4v) is 2.97. The lowest BCUT2D eigenvalue weighted by Crippen LogP contribution is -2.16. The first kappa shape index (κ1) is 15.6. The minimum atomic E-state index is -0.270. The van der Waals surface area contributed by atoms with E-state index in [1.807, 2.05) is 6.92 Å². The molecular weight excluding hydrogens is 287 g/mol. The number of thioether (sulfide) groups is 1. The second kappa shape index (κ2) is 7.27. The zero-order valence-electron chi connectivity index (χ0n) is 12.0. The molecule has 1 unspecified atom stereocenters. The minimum absolute atomic E-state index is 0.0782. The molecule has 2 aromatic rings. The molecule has 0 aliphatic carbocycles. The fraction of sp³-hybridized carbons (Fsp3) is 0.235. The number of ketones is 1. The second-order valence-electron chi connectivity index (χ2n) is 4.56. The van der Waals surface area contributed by atoms with Gasteiger partial charge in [-0.1, -0.05) is 6.92 Å². The summed E-state index contributed by atoms with van der Waals surface area (Å²) in [5.41, 5.74) is 0.664. The van der Waals surface area contributed by atoms with E-state index in [2.05, 4.69) is 0 Å². The van der Waals surface area contributed by atoms with E-state index >= 15 is 0 Å². The zero-order chi connectivity index (χ0) is 15.2. The molecule has 0 saturated carbocycles. The van der Waals surface area contributed by atoms with Crippen molar-refractivity contribution in [2.24, 2.45) is 0 Å². The van der Waals surface area contributed by atoms with Crippen molar-refractivity contribution in [3.8, 4) is 5.75 Å². The number of Topliss-reactive ketones (excluding diaryl/α,β-unsaturated/α-hetero) is 1. The normalized spacial score (nSPS) is 12.0. The van der Waals surface area contributed by atoms with Gasteiger partial charge < -0.3 is 4.74 Å². The van der Waals surface area contributed by atoms with Crippen LogP contribution >= 0.6 is 11.8 Å². The molecule has 0 aliphatic rings. The Kier molecular flexibility index (Phi) is 5.39. The van der Waals surface area contributed by atoms with Crippen molar-refractivity contribution in [2.45, 2.75) is 23.5 Å². The molecule has 0 radical (unpaired) electrons. The lowest BCUT2D eigenvalue weighted by molar-refractivity contribution is 0.0988. The SMILES string of the molecule is CCC(Sc1ccc(F)cc1)C(=O)c1ccc(OC)cc1. The summed E-state index contributed by atoms with van der Waals surface area (Å²) >= 11 is 1.46. The summed E-state index contributed by atoms with van der Waals surface area (Å²) in [4.78, 5) is 13.4. The molecule has 0 spiro atoms. The van der Waals surface area contributed by atoms with E-state index in [1.165, 1.54) is 23.9 Å². The molecule has 0 amide bonds. The molecule has 21 heavy (non-hydrogen) atoms.